The predicted molar refractivity (Wildman–Crippen MR) is 82.4 cm³/mol. The fraction of sp³-hybridized carbons (Fsp3) is 0.600. The molecule has 1 atom stereocenters. The zero-order chi connectivity index (χ0) is 13.9. The first-order valence-corrected chi connectivity index (χ1v) is 7.64. The second-order valence-corrected chi connectivity index (χ2v) is 5.53. The fourth-order valence-electron chi connectivity index (χ4n) is 2.96. The standard InChI is InChI=1S/C15H23N5/c1-3-16-13-11-19-10-8-17-14(19)15(18-13)20-9-6-4-5-7-12(20)2/h8,10-12,16H,3-7,9H2,1-2H3. The lowest BCUT2D eigenvalue weighted by Gasteiger charge is -2.28. The van der Waals surface area contributed by atoms with Crippen LogP contribution in [0.1, 0.15) is 39.5 Å². The highest BCUT2D eigenvalue weighted by Crippen LogP contribution is 2.26. The molecule has 0 bridgehead atoms. The van der Waals surface area contributed by atoms with E-state index in [4.69, 9.17) is 4.98 Å². The summed E-state index contributed by atoms with van der Waals surface area (Å²) in [5.41, 5.74) is 0.959. The van der Waals surface area contributed by atoms with Crippen molar-refractivity contribution in [2.75, 3.05) is 23.3 Å². The molecule has 0 radical (unpaired) electrons. The second kappa shape index (κ2) is 5.69. The summed E-state index contributed by atoms with van der Waals surface area (Å²) < 4.78 is 2.07. The maximum Gasteiger partial charge on any atom is 0.180 e. The summed E-state index contributed by atoms with van der Waals surface area (Å²) in [6.45, 7) is 6.34. The molecule has 3 rings (SSSR count). The lowest BCUT2D eigenvalue weighted by Crippen LogP contribution is -2.33. The van der Waals surface area contributed by atoms with Gasteiger partial charge in [-0.15, -0.1) is 0 Å². The van der Waals surface area contributed by atoms with Crippen molar-refractivity contribution in [2.45, 2.75) is 45.6 Å². The van der Waals surface area contributed by atoms with Crippen LogP contribution in [0.15, 0.2) is 18.6 Å². The zero-order valence-electron chi connectivity index (χ0n) is 12.3. The smallest absolute Gasteiger partial charge is 0.180 e. The largest absolute Gasteiger partial charge is 0.369 e. The first-order chi connectivity index (χ1) is 9.79. The van der Waals surface area contributed by atoms with Gasteiger partial charge in [-0.25, -0.2) is 9.97 Å². The average Bonchev–Trinajstić information content (AvgIpc) is 2.80. The number of hydrogen-bond acceptors (Lipinski definition) is 4. The summed E-state index contributed by atoms with van der Waals surface area (Å²) >= 11 is 0. The Bertz CT molecular complexity index is 577. The van der Waals surface area contributed by atoms with E-state index in [1.807, 2.05) is 18.6 Å². The summed E-state index contributed by atoms with van der Waals surface area (Å²) in [6.07, 6.45) is 11.0. The molecule has 5 heteroatoms. The molecule has 1 aliphatic heterocycles. The number of hydrogen-bond donors (Lipinski definition) is 1. The fourth-order valence-corrected chi connectivity index (χ4v) is 2.96. The van der Waals surface area contributed by atoms with Crippen molar-refractivity contribution >= 4 is 17.3 Å². The van der Waals surface area contributed by atoms with E-state index < -0.39 is 0 Å². The van der Waals surface area contributed by atoms with Gasteiger partial charge in [0.25, 0.3) is 0 Å². The number of rotatable bonds is 3. The van der Waals surface area contributed by atoms with Gasteiger partial charge in [-0.3, -0.25) is 0 Å². The van der Waals surface area contributed by atoms with Crippen LogP contribution in [0.25, 0.3) is 5.65 Å². The summed E-state index contributed by atoms with van der Waals surface area (Å²) in [6, 6.07) is 0.530. The Labute approximate surface area is 120 Å². The van der Waals surface area contributed by atoms with Crippen LogP contribution >= 0.6 is 0 Å². The molecule has 2 aromatic heterocycles. The van der Waals surface area contributed by atoms with E-state index in [0.717, 1.165) is 30.4 Å². The summed E-state index contributed by atoms with van der Waals surface area (Å²) in [7, 11) is 0. The van der Waals surface area contributed by atoms with E-state index in [9.17, 15) is 0 Å². The molecule has 0 aromatic carbocycles. The second-order valence-electron chi connectivity index (χ2n) is 5.53. The minimum atomic E-state index is 0.530. The third-order valence-corrected chi connectivity index (χ3v) is 4.04. The Morgan fingerprint density at radius 2 is 2.25 bits per heavy atom. The van der Waals surface area contributed by atoms with Gasteiger partial charge in [-0.1, -0.05) is 12.8 Å². The quantitative estimate of drug-likeness (QED) is 0.934. The third kappa shape index (κ3) is 2.44. The van der Waals surface area contributed by atoms with Crippen LogP contribution in [0, 0.1) is 0 Å². The molecule has 108 valence electrons. The molecule has 1 N–H and O–H groups in total. The van der Waals surface area contributed by atoms with Gasteiger partial charge in [0.15, 0.2) is 11.5 Å². The third-order valence-electron chi connectivity index (χ3n) is 4.04. The van der Waals surface area contributed by atoms with Crippen LogP contribution in [-0.2, 0) is 0 Å². The Morgan fingerprint density at radius 3 is 3.10 bits per heavy atom. The van der Waals surface area contributed by atoms with E-state index >= 15 is 0 Å². The van der Waals surface area contributed by atoms with Crippen molar-refractivity contribution in [3.05, 3.63) is 18.6 Å². The molecular weight excluding hydrogens is 250 g/mol. The lowest BCUT2D eigenvalue weighted by molar-refractivity contribution is 0.611. The van der Waals surface area contributed by atoms with Crippen LogP contribution in [0.2, 0.25) is 0 Å². The maximum absolute atomic E-state index is 4.81. The average molecular weight is 273 g/mol. The first-order valence-electron chi connectivity index (χ1n) is 7.64. The normalized spacial score (nSPS) is 20.1. The molecule has 0 aliphatic carbocycles. The van der Waals surface area contributed by atoms with Crippen LogP contribution in [-0.4, -0.2) is 33.5 Å². The van der Waals surface area contributed by atoms with Crippen molar-refractivity contribution in [2.24, 2.45) is 0 Å². The van der Waals surface area contributed by atoms with E-state index in [2.05, 4.69) is 33.4 Å². The molecule has 1 saturated heterocycles. The van der Waals surface area contributed by atoms with E-state index in [1.54, 1.807) is 0 Å². The van der Waals surface area contributed by atoms with Crippen molar-refractivity contribution < 1.29 is 0 Å². The van der Waals surface area contributed by atoms with Crippen molar-refractivity contribution in [1.82, 2.24) is 14.4 Å². The maximum atomic E-state index is 4.81. The summed E-state index contributed by atoms with van der Waals surface area (Å²) in [5.74, 6) is 1.94. The molecule has 0 saturated carbocycles. The minimum Gasteiger partial charge on any atom is -0.369 e. The Hall–Kier alpha value is -1.78. The van der Waals surface area contributed by atoms with Crippen molar-refractivity contribution in [3.63, 3.8) is 0 Å². The molecule has 0 spiro atoms. The number of fused-ring (bicyclic) bond motifs is 1. The monoisotopic (exact) mass is 273 g/mol. The van der Waals surface area contributed by atoms with Gasteiger partial charge >= 0.3 is 0 Å². The van der Waals surface area contributed by atoms with Gasteiger partial charge in [0.1, 0.15) is 5.82 Å². The Morgan fingerprint density at radius 1 is 1.35 bits per heavy atom. The summed E-state index contributed by atoms with van der Waals surface area (Å²) in [5, 5.41) is 3.31. The molecule has 3 heterocycles. The first kappa shape index (κ1) is 13.2. The van der Waals surface area contributed by atoms with E-state index in [0.29, 0.717) is 6.04 Å². The number of nitrogens with one attached hydrogen (secondary N) is 1. The minimum absolute atomic E-state index is 0.530. The van der Waals surface area contributed by atoms with Crippen LogP contribution < -0.4 is 10.2 Å². The van der Waals surface area contributed by atoms with Crippen LogP contribution in [0.4, 0.5) is 11.6 Å². The zero-order valence-corrected chi connectivity index (χ0v) is 12.3. The van der Waals surface area contributed by atoms with Crippen molar-refractivity contribution in [1.29, 1.82) is 0 Å². The van der Waals surface area contributed by atoms with Gasteiger partial charge in [0.2, 0.25) is 0 Å². The van der Waals surface area contributed by atoms with E-state index in [-0.39, 0.29) is 0 Å². The van der Waals surface area contributed by atoms with Gasteiger partial charge in [-0.05, 0) is 26.7 Å². The number of nitrogens with zero attached hydrogens (tertiary/aromatic N) is 4. The molecule has 20 heavy (non-hydrogen) atoms. The number of anilines is 2. The lowest BCUT2D eigenvalue weighted by atomic mass is 10.1. The van der Waals surface area contributed by atoms with Crippen molar-refractivity contribution in [3.8, 4) is 0 Å². The Balaban J connectivity index is 2.05. The van der Waals surface area contributed by atoms with Gasteiger partial charge in [-0.2, -0.15) is 0 Å². The predicted octanol–water partition coefficient (Wildman–Crippen LogP) is 2.93. The topological polar surface area (TPSA) is 45.5 Å². The molecule has 5 nitrogen and oxygen atoms in total. The Kier molecular flexibility index (Phi) is 3.76. The molecule has 1 aliphatic rings. The molecule has 2 aromatic rings. The highest BCUT2D eigenvalue weighted by Gasteiger charge is 2.21. The van der Waals surface area contributed by atoms with Crippen LogP contribution in [0.5, 0.6) is 0 Å². The molecule has 1 fully saturated rings. The molecule has 0 amide bonds. The van der Waals surface area contributed by atoms with Crippen LogP contribution in [0.3, 0.4) is 0 Å². The highest BCUT2D eigenvalue weighted by atomic mass is 15.3. The number of imidazole rings is 1. The SMILES string of the molecule is CCNc1cn2ccnc2c(N2CCCCCC2C)n1. The number of aromatic nitrogens is 3. The van der Waals surface area contributed by atoms with Gasteiger partial charge < -0.3 is 14.6 Å². The summed E-state index contributed by atoms with van der Waals surface area (Å²) in [4.78, 5) is 11.7. The van der Waals surface area contributed by atoms with Gasteiger partial charge in [0, 0.05) is 31.5 Å². The van der Waals surface area contributed by atoms with E-state index in [1.165, 1.54) is 25.7 Å². The molecular formula is C15H23N5. The highest BCUT2D eigenvalue weighted by molar-refractivity contribution is 5.67. The van der Waals surface area contributed by atoms with Gasteiger partial charge in [0.05, 0.1) is 6.20 Å². The molecule has 1 unspecified atom stereocenters.